The van der Waals surface area contributed by atoms with Crippen LogP contribution in [0.15, 0.2) is 18.2 Å². The SMILES string of the molecule is CCCCCCCC(=O)Nc1ccc(C)cc1CP(=O)(O)O. The van der Waals surface area contributed by atoms with Crippen molar-refractivity contribution in [2.75, 3.05) is 5.32 Å². The summed E-state index contributed by atoms with van der Waals surface area (Å²) in [7, 11) is -4.16. The molecule has 1 amide bonds. The maximum Gasteiger partial charge on any atom is 0.329 e. The highest BCUT2D eigenvalue weighted by molar-refractivity contribution is 7.50. The summed E-state index contributed by atoms with van der Waals surface area (Å²) in [5.74, 6) is -0.104. The lowest BCUT2D eigenvalue weighted by molar-refractivity contribution is -0.116. The number of hydrogen-bond acceptors (Lipinski definition) is 2. The number of carbonyl (C=O) groups is 1. The number of hydrogen-bond donors (Lipinski definition) is 3. The van der Waals surface area contributed by atoms with Gasteiger partial charge in [0, 0.05) is 12.1 Å². The van der Waals surface area contributed by atoms with Gasteiger partial charge in [-0.3, -0.25) is 9.36 Å². The molecule has 5 nitrogen and oxygen atoms in total. The number of aryl methyl sites for hydroxylation is 1. The Labute approximate surface area is 132 Å². The van der Waals surface area contributed by atoms with E-state index in [1.165, 1.54) is 12.8 Å². The van der Waals surface area contributed by atoms with E-state index in [4.69, 9.17) is 9.79 Å². The third-order valence-electron chi connectivity index (χ3n) is 3.42. The van der Waals surface area contributed by atoms with E-state index < -0.39 is 7.60 Å². The molecule has 0 saturated carbocycles. The van der Waals surface area contributed by atoms with Gasteiger partial charge in [-0.15, -0.1) is 0 Å². The predicted octanol–water partition coefficient (Wildman–Crippen LogP) is 3.97. The molecule has 3 N–H and O–H groups in total. The van der Waals surface area contributed by atoms with Crippen molar-refractivity contribution in [2.24, 2.45) is 0 Å². The average Bonchev–Trinajstić information content (AvgIpc) is 2.40. The van der Waals surface area contributed by atoms with E-state index in [9.17, 15) is 9.36 Å². The van der Waals surface area contributed by atoms with E-state index in [2.05, 4.69) is 12.2 Å². The largest absolute Gasteiger partial charge is 0.329 e. The van der Waals surface area contributed by atoms with Gasteiger partial charge in [0.2, 0.25) is 5.91 Å². The summed E-state index contributed by atoms with van der Waals surface area (Å²) < 4.78 is 11.2. The Kier molecular flexibility index (Phi) is 7.80. The molecule has 0 unspecified atom stereocenters. The van der Waals surface area contributed by atoms with Crippen LogP contribution in [0, 0.1) is 6.92 Å². The van der Waals surface area contributed by atoms with Gasteiger partial charge in [-0.25, -0.2) is 0 Å². The first-order valence-corrected chi connectivity index (χ1v) is 9.55. The molecule has 0 spiro atoms. The molecule has 0 fully saturated rings. The van der Waals surface area contributed by atoms with Crippen LogP contribution in [0.3, 0.4) is 0 Å². The molecule has 1 aromatic carbocycles. The molecule has 0 bridgehead atoms. The highest BCUT2D eigenvalue weighted by atomic mass is 31.2. The predicted molar refractivity (Wildman–Crippen MR) is 88.9 cm³/mol. The molecular formula is C16H26NO4P. The van der Waals surface area contributed by atoms with Gasteiger partial charge in [-0.05, 0) is 25.0 Å². The number of unbranched alkanes of at least 4 members (excludes halogenated alkanes) is 4. The highest BCUT2D eigenvalue weighted by Gasteiger charge is 2.17. The fourth-order valence-corrected chi connectivity index (χ4v) is 3.00. The van der Waals surface area contributed by atoms with Crippen LogP contribution in [-0.2, 0) is 15.5 Å². The third-order valence-corrected chi connectivity index (χ3v) is 4.17. The highest BCUT2D eigenvalue weighted by Crippen LogP contribution is 2.41. The van der Waals surface area contributed by atoms with E-state index in [1.807, 2.05) is 13.0 Å². The summed E-state index contributed by atoms with van der Waals surface area (Å²) in [6.45, 7) is 4.00. The molecular weight excluding hydrogens is 301 g/mol. The minimum absolute atomic E-state index is 0.104. The molecule has 1 rings (SSSR count). The lowest BCUT2D eigenvalue weighted by Crippen LogP contribution is -2.13. The van der Waals surface area contributed by atoms with Crippen molar-refractivity contribution < 1.29 is 19.1 Å². The van der Waals surface area contributed by atoms with E-state index in [-0.39, 0.29) is 12.1 Å². The zero-order chi connectivity index (χ0) is 16.6. The van der Waals surface area contributed by atoms with Gasteiger partial charge in [0.1, 0.15) is 0 Å². The maximum absolute atomic E-state index is 11.9. The molecule has 0 aliphatic heterocycles. The quantitative estimate of drug-likeness (QED) is 0.473. The maximum atomic E-state index is 11.9. The van der Waals surface area contributed by atoms with Crippen LogP contribution in [-0.4, -0.2) is 15.7 Å². The number of rotatable bonds is 9. The van der Waals surface area contributed by atoms with Gasteiger partial charge in [-0.1, -0.05) is 50.3 Å². The second kappa shape index (κ2) is 9.09. The minimum Gasteiger partial charge on any atom is -0.326 e. The summed E-state index contributed by atoms with van der Waals surface area (Å²) in [5.41, 5.74) is 1.88. The molecule has 0 saturated heterocycles. The fourth-order valence-electron chi connectivity index (χ4n) is 2.30. The van der Waals surface area contributed by atoms with Crippen LogP contribution in [0.25, 0.3) is 0 Å². The number of benzene rings is 1. The van der Waals surface area contributed by atoms with Crippen molar-refractivity contribution in [1.29, 1.82) is 0 Å². The Morgan fingerprint density at radius 1 is 1.18 bits per heavy atom. The van der Waals surface area contributed by atoms with E-state index in [0.29, 0.717) is 17.7 Å². The topological polar surface area (TPSA) is 86.6 Å². The summed E-state index contributed by atoms with van der Waals surface area (Å²) in [6.07, 6.45) is 5.44. The molecule has 0 heterocycles. The van der Waals surface area contributed by atoms with Crippen LogP contribution in [0.4, 0.5) is 5.69 Å². The Morgan fingerprint density at radius 3 is 2.50 bits per heavy atom. The second-order valence-electron chi connectivity index (χ2n) is 5.70. The van der Waals surface area contributed by atoms with Crippen LogP contribution in [0.2, 0.25) is 0 Å². The van der Waals surface area contributed by atoms with Crippen molar-refractivity contribution in [3.63, 3.8) is 0 Å². The summed E-state index contributed by atoms with van der Waals surface area (Å²) in [5, 5.41) is 2.77. The van der Waals surface area contributed by atoms with E-state index in [0.717, 1.165) is 24.8 Å². The van der Waals surface area contributed by atoms with Crippen molar-refractivity contribution in [3.05, 3.63) is 29.3 Å². The van der Waals surface area contributed by atoms with Crippen molar-refractivity contribution >= 4 is 19.2 Å². The van der Waals surface area contributed by atoms with Gasteiger partial charge in [0.05, 0.1) is 6.16 Å². The lowest BCUT2D eigenvalue weighted by atomic mass is 10.1. The number of carbonyl (C=O) groups excluding carboxylic acids is 1. The van der Waals surface area contributed by atoms with Gasteiger partial charge < -0.3 is 15.1 Å². The second-order valence-corrected chi connectivity index (χ2v) is 7.34. The van der Waals surface area contributed by atoms with Crippen LogP contribution in [0.5, 0.6) is 0 Å². The zero-order valence-electron chi connectivity index (χ0n) is 13.3. The average molecular weight is 327 g/mol. The minimum atomic E-state index is -4.16. The van der Waals surface area contributed by atoms with Crippen LogP contribution < -0.4 is 5.32 Å². The molecule has 124 valence electrons. The van der Waals surface area contributed by atoms with Crippen LogP contribution in [0.1, 0.15) is 56.6 Å². The molecule has 0 aliphatic carbocycles. The Bertz CT molecular complexity index is 539. The number of anilines is 1. The van der Waals surface area contributed by atoms with E-state index in [1.54, 1.807) is 12.1 Å². The standard InChI is InChI=1S/C16H26NO4P/c1-3-4-5-6-7-8-16(18)17-15-10-9-13(2)11-14(15)12-22(19,20)21/h9-11H,3-8,12H2,1-2H3,(H,17,18)(H2,19,20,21). The Morgan fingerprint density at radius 2 is 1.86 bits per heavy atom. The molecule has 0 atom stereocenters. The van der Waals surface area contributed by atoms with Crippen molar-refractivity contribution in [2.45, 2.75) is 58.5 Å². The molecule has 22 heavy (non-hydrogen) atoms. The monoisotopic (exact) mass is 327 g/mol. The van der Waals surface area contributed by atoms with Crippen molar-refractivity contribution in [1.82, 2.24) is 0 Å². The number of nitrogens with one attached hydrogen (secondary N) is 1. The zero-order valence-corrected chi connectivity index (χ0v) is 14.2. The normalized spacial score (nSPS) is 11.5. The Balaban J connectivity index is 2.60. The van der Waals surface area contributed by atoms with Crippen LogP contribution >= 0.6 is 7.60 Å². The fraction of sp³-hybridized carbons (Fsp3) is 0.562. The molecule has 0 aliphatic rings. The molecule has 6 heteroatoms. The van der Waals surface area contributed by atoms with E-state index >= 15 is 0 Å². The molecule has 0 aromatic heterocycles. The lowest BCUT2D eigenvalue weighted by Gasteiger charge is -2.13. The van der Waals surface area contributed by atoms with Gasteiger partial charge in [0.25, 0.3) is 0 Å². The molecule has 0 radical (unpaired) electrons. The summed E-state index contributed by atoms with van der Waals surface area (Å²) in [6, 6.07) is 5.23. The van der Waals surface area contributed by atoms with Gasteiger partial charge in [0.15, 0.2) is 0 Å². The third kappa shape index (κ3) is 7.74. The first-order valence-electron chi connectivity index (χ1n) is 7.76. The number of amides is 1. The first kappa shape index (κ1) is 18.9. The first-order chi connectivity index (χ1) is 10.3. The summed E-state index contributed by atoms with van der Waals surface area (Å²) in [4.78, 5) is 30.2. The van der Waals surface area contributed by atoms with Crippen molar-refractivity contribution in [3.8, 4) is 0 Å². The molecule has 1 aromatic rings. The Hall–Kier alpha value is -1.16. The summed E-state index contributed by atoms with van der Waals surface area (Å²) >= 11 is 0. The smallest absolute Gasteiger partial charge is 0.326 e. The van der Waals surface area contributed by atoms with Gasteiger partial charge >= 0.3 is 7.60 Å². The van der Waals surface area contributed by atoms with Gasteiger partial charge in [-0.2, -0.15) is 0 Å².